The highest BCUT2D eigenvalue weighted by molar-refractivity contribution is 5.69. The summed E-state index contributed by atoms with van der Waals surface area (Å²) in [5, 5.41) is 13.1. The first-order chi connectivity index (χ1) is 10.5. The molecule has 2 aliphatic heterocycles. The maximum absolute atomic E-state index is 11.8. The highest BCUT2D eigenvalue weighted by Crippen LogP contribution is 2.40. The normalized spacial score (nSPS) is 28.9. The standard InChI is InChI=1S/C17H25N3O2/c1-13-17(2,20(16(21)22)12-9-18-13)14-7-3-4-8-15(14)19-10-5-6-11-19/h3-4,7-8,13,18H,5-6,9-12H2,1-2H3,(H,21,22). The van der Waals surface area contributed by atoms with Crippen molar-refractivity contribution in [2.24, 2.45) is 0 Å². The molecule has 1 aromatic carbocycles. The van der Waals surface area contributed by atoms with E-state index in [0.717, 1.165) is 18.7 Å². The van der Waals surface area contributed by atoms with Crippen LogP contribution in [0.3, 0.4) is 0 Å². The predicted molar refractivity (Wildman–Crippen MR) is 87.4 cm³/mol. The van der Waals surface area contributed by atoms with Gasteiger partial charge in [-0.2, -0.15) is 0 Å². The van der Waals surface area contributed by atoms with Crippen LogP contribution in [0.4, 0.5) is 10.5 Å². The number of hydrogen-bond acceptors (Lipinski definition) is 3. The Morgan fingerprint density at radius 3 is 2.64 bits per heavy atom. The number of piperazine rings is 1. The van der Waals surface area contributed by atoms with Gasteiger partial charge in [0.25, 0.3) is 0 Å². The number of carboxylic acid groups (broad SMARTS) is 1. The van der Waals surface area contributed by atoms with E-state index >= 15 is 0 Å². The first-order valence-electron chi connectivity index (χ1n) is 8.13. The van der Waals surface area contributed by atoms with E-state index < -0.39 is 11.6 Å². The third-order valence-corrected chi connectivity index (χ3v) is 5.32. The van der Waals surface area contributed by atoms with E-state index in [-0.39, 0.29) is 6.04 Å². The Kier molecular flexibility index (Phi) is 4.00. The fourth-order valence-electron chi connectivity index (χ4n) is 3.87. The van der Waals surface area contributed by atoms with Gasteiger partial charge in [0.15, 0.2) is 0 Å². The van der Waals surface area contributed by atoms with E-state index in [2.05, 4.69) is 29.3 Å². The molecule has 0 aliphatic carbocycles. The molecule has 2 heterocycles. The third-order valence-electron chi connectivity index (χ3n) is 5.32. The monoisotopic (exact) mass is 303 g/mol. The molecule has 1 aromatic rings. The minimum absolute atomic E-state index is 0.0705. The number of carbonyl (C=O) groups is 1. The van der Waals surface area contributed by atoms with Crippen molar-refractivity contribution in [2.75, 3.05) is 31.1 Å². The summed E-state index contributed by atoms with van der Waals surface area (Å²) in [7, 11) is 0. The molecule has 22 heavy (non-hydrogen) atoms. The average molecular weight is 303 g/mol. The Bertz CT molecular complexity index is 557. The van der Waals surface area contributed by atoms with Crippen molar-refractivity contribution in [3.63, 3.8) is 0 Å². The van der Waals surface area contributed by atoms with E-state index in [9.17, 15) is 9.90 Å². The van der Waals surface area contributed by atoms with Crippen LogP contribution in [0.25, 0.3) is 0 Å². The Hall–Kier alpha value is -1.75. The van der Waals surface area contributed by atoms with Crippen LogP contribution in [0.1, 0.15) is 32.3 Å². The molecule has 5 heteroatoms. The van der Waals surface area contributed by atoms with Crippen molar-refractivity contribution in [3.8, 4) is 0 Å². The molecule has 0 bridgehead atoms. The van der Waals surface area contributed by atoms with Crippen LogP contribution < -0.4 is 10.2 Å². The molecule has 5 nitrogen and oxygen atoms in total. The van der Waals surface area contributed by atoms with Gasteiger partial charge in [-0.25, -0.2) is 4.79 Å². The zero-order valence-electron chi connectivity index (χ0n) is 13.4. The minimum atomic E-state index is -0.841. The van der Waals surface area contributed by atoms with E-state index in [0.29, 0.717) is 13.1 Å². The predicted octanol–water partition coefficient (Wildman–Crippen LogP) is 2.47. The van der Waals surface area contributed by atoms with Crippen LogP contribution in [0.15, 0.2) is 24.3 Å². The number of para-hydroxylation sites is 1. The zero-order valence-corrected chi connectivity index (χ0v) is 13.4. The minimum Gasteiger partial charge on any atom is -0.465 e. The number of anilines is 1. The van der Waals surface area contributed by atoms with Gasteiger partial charge in [-0.15, -0.1) is 0 Å². The van der Waals surface area contributed by atoms with E-state index in [1.54, 1.807) is 4.90 Å². The molecular weight excluding hydrogens is 278 g/mol. The van der Waals surface area contributed by atoms with Gasteiger partial charge in [0, 0.05) is 43.5 Å². The van der Waals surface area contributed by atoms with E-state index in [1.807, 2.05) is 19.1 Å². The molecule has 2 saturated heterocycles. The van der Waals surface area contributed by atoms with Crippen LogP contribution in [0.5, 0.6) is 0 Å². The summed E-state index contributed by atoms with van der Waals surface area (Å²) in [5.41, 5.74) is 1.74. The molecular formula is C17H25N3O2. The Balaban J connectivity index is 2.08. The summed E-state index contributed by atoms with van der Waals surface area (Å²) in [4.78, 5) is 15.8. The van der Waals surface area contributed by atoms with Crippen LogP contribution >= 0.6 is 0 Å². The van der Waals surface area contributed by atoms with Gasteiger partial charge >= 0.3 is 6.09 Å². The second-order valence-corrected chi connectivity index (χ2v) is 6.47. The maximum Gasteiger partial charge on any atom is 0.408 e. The fraction of sp³-hybridized carbons (Fsp3) is 0.588. The molecule has 1 amide bonds. The molecule has 120 valence electrons. The number of benzene rings is 1. The number of rotatable bonds is 2. The number of hydrogen-bond donors (Lipinski definition) is 2. The third kappa shape index (κ3) is 2.33. The summed E-state index contributed by atoms with van der Waals surface area (Å²) in [6.45, 7) is 7.46. The Labute approximate surface area is 131 Å². The molecule has 0 spiro atoms. The van der Waals surface area contributed by atoms with E-state index in [1.165, 1.54) is 18.5 Å². The van der Waals surface area contributed by atoms with Gasteiger partial charge in [-0.05, 0) is 32.8 Å². The summed E-state index contributed by atoms with van der Waals surface area (Å²) in [5.74, 6) is 0. The largest absolute Gasteiger partial charge is 0.465 e. The highest BCUT2D eigenvalue weighted by Gasteiger charge is 2.45. The van der Waals surface area contributed by atoms with Crippen molar-refractivity contribution in [1.29, 1.82) is 0 Å². The molecule has 0 radical (unpaired) electrons. The van der Waals surface area contributed by atoms with Crippen molar-refractivity contribution in [3.05, 3.63) is 29.8 Å². The van der Waals surface area contributed by atoms with Gasteiger partial charge in [-0.3, -0.25) is 4.90 Å². The van der Waals surface area contributed by atoms with Gasteiger partial charge in [0.05, 0.1) is 5.54 Å². The number of nitrogens with one attached hydrogen (secondary N) is 1. The maximum atomic E-state index is 11.8. The summed E-state index contributed by atoms with van der Waals surface area (Å²) >= 11 is 0. The smallest absolute Gasteiger partial charge is 0.408 e. The van der Waals surface area contributed by atoms with Crippen LogP contribution in [-0.2, 0) is 5.54 Å². The van der Waals surface area contributed by atoms with Crippen molar-refractivity contribution in [1.82, 2.24) is 10.2 Å². The highest BCUT2D eigenvalue weighted by atomic mass is 16.4. The summed E-state index contributed by atoms with van der Waals surface area (Å²) in [6.07, 6.45) is 1.58. The molecule has 2 N–H and O–H groups in total. The van der Waals surface area contributed by atoms with Gasteiger partial charge in [-0.1, -0.05) is 18.2 Å². The lowest BCUT2D eigenvalue weighted by atomic mass is 9.81. The quantitative estimate of drug-likeness (QED) is 0.881. The molecule has 0 saturated carbocycles. The lowest BCUT2D eigenvalue weighted by Crippen LogP contribution is -2.64. The first kappa shape index (κ1) is 15.2. The van der Waals surface area contributed by atoms with Gasteiger partial charge in [0.2, 0.25) is 0 Å². The molecule has 3 rings (SSSR count). The SMILES string of the molecule is CC1NCCN(C(=O)O)C1(C)c1ccccc1N1CCCC1. The number of amides is 1. The van der Waals surface area contributed by atoms with Gasteiger partial charge in [0.1, 0.15) is 0 Å². The van der Waals surface area contributed by atoms with Crippen molar-refractivity contribution >= 4 is 11.8 Å². The second kappa shape index (κ2) is 5.80. The first-order valence-corrected chi connectivity index (χ1v) is 8.13. The van der Waals surface area contributed by atoms with Crippen LogP contribution in [-0.4, -0.2) is 48.3 Å². The molecule has 2 fully saturated rings. The molecule has 2 unspecified atom stereocenters. The van der Waals surface area contributed by atoms with Crippen LogP contribution in [0, 0.1) is 0 Å². The molecule has 2 atom stereocenters. The van der Waals surface area contributed by atoms with E-state index in [4.69, 9.17) is 0 Å². The summed E-state index contributed by atoms with van der Waals surface area (Å²) < 4.78 is 0. The lowest BCUT2D eigenvalue weighted by Gasteiger charge is -2.49. The molecule has 0 aromatic heterocycles. The topological polar surface area (TPSA) is 55.8 Å². The summed E-state index contributed by atoms with van der Waals surface area (Å²) in [6, 6.07) is 8.36. The average Bonchev–Trinajstić information content (AvgIpc) is 3.04. The van der Waals surface area contributed by atoms with Crippen molar-refractivity contribution < 1.29 is 9.90 Å². The molecule has 2 aliphatic rings. The zero-order chi connectivity index (χ0) is 15.7. The number of nitrogens with zero attached hydrogens (tertiary/aromatic N) is 2. The Morgan fingerprint density at radius 1 is 1.27 bits per heavy atom. The second-order valence-electron chi connectivity index (χ2n) is 6.47. The van der Waals surface area contributed by atoms with Gasteiger partial charge < -0.3 is 15.3 Å². The fourth-order valence-corrected chi connectivity index (χ4v) is 3.87. The van der Waals surface area contributed by atoms with Crippen molar-refractivity contribution in [2.45, 2.75) is 38.3 Å². The Morgan fingerprint density at radius 2 is 1.95 bits per heavy atom. The lowest BCUT2D eigenvalue weighted by molar-refractivity contribution is 0.0402. The van der Waals surface area contributed by atoms with Crippen LogP contribution in [0.2, 0.25) is 0 Å².